The molecule has 0 saturated carbocycles. The Hall–Kier alpha value is -1.83. The van der Waals surface area contributed by atoms with Crippen LogP contribution in [0.15, 0.2) is 0 Å². The number of carbonyl (C=O) groups is 3. The van der Waals surface area contributed by atoms with Gasteiger partial charge in [-0.25, -0.2) is 19.6 Å². The van der Waals surface area contributed by atoms with Crippen molar-refractivity contribution in [2.24, 2.45) is 0 Å². The van der Waals surface area contributed by atoms with Crippen LogP contribution in [0.2, 0.25) is 0 Å². The molecule has 0 aliphatic carbocycles. The molecule has 3 saturated heterocycles. The highest BCUT2D eigenvalue weighted by molar-refractivity contribution is 6.03. The van der Waals surface area contributed by atoms with Crippen molar-refractivity contribution in [3.8, 4) is 0 Å². The average molecular weight is 281 g/mol. The van der Waals surface area contributed by atoms with Crippen LogP contribution in [-0.2, 0) is 4.79 Å². The van der Waals surface area contributed by atoms with E-state index in [2.05, 4.69) is 0 Å². The lowest BCUT2D eigenvalue weighted by Gasteiger charge is -2.41. The van der Waals surface area contributed by atoms with Gasteiger partial charge in [0.2, 0.25) is 0 Å². The Morgan fingerprint density at radius 2 is 1.45 bits per heavy atom. The number of imide groups is 1. The van der Waals surface area contributed by atoms with E-state index < -0.39 is 6.03 Å². The zero-order valence-corrected chi connectivity index (χ0v) is 11.6. The standard InChI is InChI=1S/C12H19N5O3/c1-13-9-10(18)17(11(13)19)16-8-4-7-15(12(16)20)14-5-2-3-6-14/h2-9H2,1H3. The van der Waals surface area contributed by atoms with Gasteiger partial charge in [-0.05, 0) is 19.3 Å². The maximum Gasteiger partial charge on any atom is 0.353 e. The van der Waals surface area contributed by atoms with E-state index in [0.29, 0.717) is 13.1 Å². The highest BCUT2D eigenvalue weighted by Gasteiger charge is 2.43. The number of amides is 5. The molecule has 0 spiro atoms. The smallest absolute Gasteiger partial charge is 0.316 e. The van der Waals surface area contributed by atoms with E-state index in [1.807, 2.05) is 5.01 Å². The third kappa shape index (κ3) is 2.00. The first-order valence-corrected chi connectivity index (χ1v) is 7.01. The summed E-state index contributed by atoms with van der Waals surface area (Å²) in [5.74, 6) is -0.339. The minimum Gasteiger partial charge on any atom is -0.316 e. The fourth-order valence-electron chi connectivity index (χ4n) is 2.93. The lowest BCUT2D eigenvalue weighted by atomic mass is 10.3. The highest BCUT2D eigenvalue weighted by Crippen LogP contribution is 2.21. The first-order valence-electron chi connectivity index (χ1n) is 7.01. The second kappa shape index (κ2) is 4.93. The van der Waals surface area contributed by atoms with Crippen molar-refractivity contribution < 1.29 is 14.4 Å². The third-order valence-corrected chi connectivity index (χ3v) is 3.96. The van der Waals surface area contributed by atoms with Crippen molar-refractivity contribution in [2.45, 2.75) is 19.3 Å². The molecule has 0 bridgehead atoms. The molecule has 0 unspecified atom stereocenters. The molecule has 20 heavy (non-hydrogen) atoms. The fraction of sp³-hybridized carbons (Fsp3) is 0.750. The van der Waals surface area contributed by atoms with Crippen molar-refractivity contribution in [1.29, 1.82) is 0 Å². The van der Waals surface area contributed by atoms with Crippen LogP contribution in [0.4, 0.5) is 9.59 Å². The SMILES string of the molecule is CN1CC(=O)N(N2CCCN(N3CCCC3)C2=O)C1=O. The summed E-state index contributed by atoms with van der Waals surface area (Å²) in [7, 11) is 1.56. The number of hydrazine groups is 2. The number of urea groups is 2. The van der Waals surface area contributed by atoms with Gasteiger partial charge in [0.05, 0.1) is 0 Å². The minimum atomic E-state index is -0.424. The van der Waals surface area contributed by atoms with E-state index >= 15 is 0 Å². The topological polar surface area (TPSA) is 67.4 Å². The second-order valence-corrected chi connectivity index (χ2v) is 5.39. The Morgan fingerprint density at radius 1 is 0.800 bits per heavy atom. The number of hydrogen-bond donors (Lipinski definition) is 0. The van der Waals surface area contributed by atoms with Crippen molar-refractivity contribution in [3.63, 3.8) is 0 Å². The molecule has 0 aromatic carbocycles. The Bertz CT molecular complexity index is 448. The molecule has 0 aromatic rings. The largest absolute Gasteiger partial charge is 0.353 e. The lowest BCUT2D eigenvalue weighted by molar-refractivity contribution is -0.137. The highest BCUT2D eigenvalue weighted by atomic mass is 16.2. The third-order valence-electron chi connectivity index (χ3n) is 3.96. The molecule has 0 N–H and O–H groups in total. The van der Waals surface area contributed by atoms with E-state index in [1.165, 1.54) is 9.91 Å². The van der Waals surface area contributed by atoms with E-state index in [4.69, 9.17) is 0 Å². The zero-order valence-electron chi connectivity index (χ0n) is 11.6. The zero-order chi connectivity index (χ0) is 14.3. The average Bonchev–Trinajstić information content (AvgIpc) is 3.01. The van der Waals surface area contributed by atoms with Crippen molar-refractivity contribution >= 4 is 18.0 Å². The molecule has 5 amide bonds. The molecule has 110 valence electrons. The van der Waals surface area contributed by atoms with Crippen LogP contribution in [0.1, 0.15) is 19.3 Å². The summed E-state index contributed by atoms with van der Waals surface area (Å²) in [6, 6.07) is -0.693. The number of hydrogen-bond acceptors (Lipinski definition) is 4. The Morgan fingerprint density at radius 3 is 2.05 bits per heavy atom. The van der Waals surface area contributed by atoms with Gasteiger partial charge in [-0.1, -0.05) is 0 Å². The summed E-state index contributed by atoms with van der Waals surface area (Å²) in [5, 5.41) is 5.97. The van der Waals surface area contributed by atoms with Crippen LogP contribution < -0.4 is 0 Å². The van der Waals surface area contributed by atoms with Crippen LogP contribution >= 0.6 is 0 Å². The predicted octanol–water partition coefficient (Wildman–Crippen LogP) is -0.0661. The molecule has 0 aromatic heterocycles. The van der Waals surface area contributed by atoms with E-state index in [0.717, 1.165) is 37.4 Å². The molecule has 8 heteroatoms. The summed E-state index contributed by atoms with van der Waals surface area (Å²) in [5.41, 5.74) is 0. The van der Waals surface area contributed by atoms with Gasteiger partial charge in [0, 0.05) is 33.2 Å². The Balaban J connectivity index is 1.78. The minimum absolute atomic E-state index is 0.0341. The number of carbonyl (C=O) groups excluding carboxylic acids is 3. The number of rotatable bonds is 2. The summed E-state index contributed by atoms with van der Waals surface area (Å²) in [6.45, 7) is 2.82. The van der Waals surface area contributed by atoms with Crippen LogP contribution in [0.25, 0.3) is 0 Å². The fourth-order valence-corrected chi connectivity index (χ4v) is 2.93. The maximum absolute atomic E-state index is 12.5. The molecule has 3 rings (SSSR count). The molecule has 3 aliphatic rings. The van der Waals surface area contributed by atoms with Gasteiger partial charge in [-0.2, -0.15) is 5.01 Å². The monoisotopic (exact) mass is 281 g/mol. The lowest BCUT2D eigenvalue weighted by Crippen LogP contribution is -2.61. The molecular formula is C12H19N5O3. The van der Waals surface area contributed by atoms with E-state index in [1.54, 1.807) is 12.1 Å². The van der Waals surface area contributed by atoms with Gasteiger partial charge in [-0.15, -0.1) is 0 Å². The molecule has 3 heterocycles. The van der Waals surface area contributed by atoms with Crippen molar-refractivity contribution in [2.75, 3.05) is 39.8 Å². The first-order chi connectivity index (χ1) is 9.59. The van der Waals surface area contributed by atoms with Crippen LogP contribution in [0, 0.1) is 0 Å². The van der Waals surface area contributed by atoms with Crippen LogP contribution in [-0.4, -0.2) is 82.7 Å². The van der Waals surface area contributed by atoms with Gasteiger partial charge in [0.25, 0.3) is 5.91 Å². The van der Waals surface area contributed by atoms with Crippen molar-refractivity contribution in [1.82, 2.24) is 24.9 Å². The van der Waals surface area contributed by atoms with Gasteiger partial charge in [0.1, 0.15) is 6.54 Å². The maximum atomic E-state index is 12.5. The second-order valence-electron chi connectivity index (χ2n) is 5.39. The van der Waals surface area contributed by atoms with Crippen LogP contribution in [0.3, 0.4) is 0 Å². The summed E-state index contributed by atoms with van der Waals surface area (Å²) < 4.78 is 0. The van der Waals surface area contributed by atoms with E-state index in [9.17, 15) is 14.4 Å². The summed E-state index contributed by atoms with van der Waals surface area (Å²) >= 11 is 0. The van der Waals surface area contributed by atoms with Crippen LogP contribution in [0.5, 0.6) is 0 Å². The summed E-state index contributed by atoms with van der Waals surface area (Å²) in [6.07, 6.45) is 2.91. The van der Waals surface area contributed by atoms with E-state index in [-0.39, 0.29) is 18.5 Å². The normalized spacial score (nSPS) is 25.4. The number of likely N-dealkylation sites (N-methyl/N-ethyl adjacent to an activating group) is 1. The molecule has 0 atom stereocenters. The molecule has 0 radical (unpaired) electrons. The number of nitrogens with zero attached hydrogens (tertiary/aromatic N) is 5. The Kier molecular flexibility index (Phi) is 3.25. The Labute approximate surface area is 117 Å². The van der Waals surface area contributed by atoms with Crippen molar-refractivity contribution in [3.05, 3.63) is 0 Å². The molecule has 8 nitrogen and oxygen atoms in total. The van der Waals surface area contributed by atoms with Gasteiger partial charge in [0.15, 0.2) is 0 Å². The molecular weight excluding hydrogens is 262 g/mol. The molecule has 3 aliphatic heterocycles. The molecule has 3 fully saturated rings. The van der Waals surface area contributed by atoms with Gasteiger partial charge >= 0.3 is 12.1 Å². The van der Waals surface area contributed by atoms with Gasteiger partial charge in [-0.3, -0.25) is 9.80 Å². The summed E-state index contributed by atoms with van der Waals surface area (Å²) in [4.78, 5) is 37.8. The predicted molar refractivity (Wildman–Crippen MR) is 69.1 cm³/mol. The first kappa shape index (κ1) is 13.2. The quantitative estimate of drug-likeness (QED) is 0.665. The van der Waals surface area contributed by atoms with Gasteiger partial charge < -0.3 is 4.90 Å².